The highest BCUT2D eigenvalue weighted by Gasteiger charge is 2.52. The minimum Gasteiger partial charge on any atom is -0.461 e. The van der Waals surface area contributed by atoms with Crippen LogP contribution in [0.25, 0.3) is 0 Å². The molecule has 2 heterocycles. The van der Waals surface area contributed by atoms with E-state index in [1.54, 1.807) is 19.1 Å². The normalized spacial score (nSPS) is 19.6. The molecule has 1 saturated heterocycles. The van der Waals surface area contributed by atoms with Crippen LogP contribution in [0.1, 0.15) is 45.1 Å². The molecule has 0 amide bonds. The SMILES string of the molecule is CCOC(=O)c1nc(Cl)ccc1B1OC(C)(C)C(C)(C)O1. The van der Waals surface area contributed by atoms with E-state index in [0.29, 0.717) is 5.46 Å². The summed E-state index contributed by atoms with van der Waals surface area (Å²) in [7, 11) is -0.681. The highest BCUT2D eigenvalue weighted by atomic mass is 35.5. The van der Waals surface area contributed by atoms with Crippen LogP contribution in [0.15, 0.2) is 12.1 Å². The number of nitrogens with zero attached hydrogens (tertiary/aromatic N) is 1. The van der Waals surface area contributed by atoms with Crippen molar-refractivity contribution < 1.29 is 18.8 Å². The molecule has 21 heavy (non-hydrogen) atoms. The van der Waals surface area contributed by atoms with Crippen LogP contribution in [-0.4, -0.2) is 35.9 Å². The number of hydrogen-bond acceptors (Lipinski definition) is 5. The Morgan fingerprint density at radius 3 is 2.38 bits per heavy atom. The average molecular weight is 312 g/mol. The summed E-state index contributed by atoms with van der Waals surface area (Å²) >= 11 is 5.88. The first kappa shape index (κ1) is 16.3. The van der Waals surface area contributed by atoms with Gasteiger partial charge in [-0.3, -0.25) is 0 Å². The van der Waals surface area contributed by atoms with Crippen molar-refractivity contribution in [2.24, 2.45) is 0 Å². The highest BCUT2D eigenvalue weighted by molar-refractivity contribution is 6.63. The predicted molar refractivity (Wildman–Crippen MR) is 80.9 cm³/mol. The standard InChI is InChI=1S/C14H19BClNO4/c1-6-19-12(18)11-9(7-8-10(16)17-11)15-20-13(2,3)14(4,5)21-15/h7-8H,6H2,1-5H3. The van der Waals surface area contributed by atoms with Crippen molar-refractivity contribution in [2.45, 2.75) is 45.8 Å². The molecule has 1 aromatic heterocycles. The largest absolute Gasteiger partial charge is 0.497 e. The Bertz CT molecular complexity index is 546. The second-order valence-electron chi connectivity index (χ2n) is 5.88. The fourth-order valence-corrected chi connectivity index (χ4v) is 2.12. The van der Waals surface area contributed by atoms with Crippen molar-refractivity contribution in [3.05, 3.63) is 23.0 Å². The highest BCUT2D eigenvalue weighted by Crippen LogP contribution is 2.36. The zero-order valence-corrected chi connectivity index (χ0v) is 13.7. The lowest BCUT2D eigenvalue weighted by atomic mass is 9.78. The number of pyridine rings is 1. The number of aromatic nitrogens is 1. The van der Waals surface area contributed by atoms with Crippen LogP contribution in [0.5, 0.6) is 0 Å². The van der Waals surface area contributed by atoms with Crippen LogP contribution in [0.2, 0.25) is 5.15 Å². The van der Waals surface area contributed by atoms with Crippen LogP contribution < -0.4 is 5.46 Å². The Labute approximate surface area is 130 Å². The van der Waals surface area contributed by atoms with E-state index in [1.807, 2.05) is 27.7 Å². The van der Waals surface area contributed by atoms with Crippen LogP contribution in [0.3, 0.4) is 0 Å². The van der Waals surface area contributed by atoms with Crippen molar-refractivity contribution in [1.82, 2.24) is 4.98 Å². The lowest BCUT2D eigenvalue weighted by Crippen LogP contribution is -2.41. The average Bonchev–Trinajstić information content (AvgIpc) is 2.58. The number of carbonyl (C=O) groups excluding carboxylic acids is 1. The summed E-state index contributed by atoms with van der Waals surface area (Å²) in [4.78, 5) is 16.1. The Balaban J connectivity index is 2.39. The second-order valence-corrected chi connectivity index (χ2v) is 6.27. The van der Waals surface area contributed by atoms with E-state index >= 15 is 0 Å². The van der Waals surface area contributed by atoms with Gasteiger partial charge in [-0.1, -0.05) is 17.7 Å². The monoisotopic (exact) mass is 311 g/mol. The summed E-state index contributed by atoms with van der Waals surface area (Å²) in [5.74, 6) is -0.537. The Kier molecular flexibility index (Phi) is 4.33. The Morgan fingerprint density at radius 1 is 1.29 bits per heavy atom. The van der Waals surface area contributed by atoms with Crippen molar-refractivity contribution in [3.63, 3.8) is 0 Å². The lowest BCUT2D eigenvalue weighted by molar-refractivity contribution is 0.00578. The zero-order chi connectivity index (χ0) is 15.8. The third-order valence-corrected chi connectivity index (χ3v) is 4.08. The molecule has 0 saturated carbocycles. The van der Waals surface area contributed by atoms with Crippen molar-refractivity contribution in [3.8, 4) is 0 Å². The quantitative estimate of drug-likeness (QED) is 0.487. The number of halogens is 1. The van der Waals surface area contributed by atoms with Gasteiger partial charge in [0.05, 0.1) is 17.8 Å². The molecule has 0 radical (unpaired) electrons. The number of ether oxygens (including phenoxy) is 1. The molecular weight excluding hydrogens is 292 g/mol. The topological polar surface area (TPSA) is 57.7 Å². The van der Waals surface area contributed by atoms with Crippen molar-refractivity contribution in [1.29, 1.82) is 0 Å². The smallest absolute Gasteiger partial charge is 0.461 e. The summed E-state index contributed by atoms with van der Waals surface area (Å²) in [6.45, 7) is 9.77. The van der Waals surface area contributed by atoms with Gasteiger partial charge >= 0.3 is 13.1 Å². The van der Waals surface area contributed by atoms with Gasteiger partial charge in [-0.2, -0.15) is 0 Å². The van der Waals surface area contributed by atoms with Gasteiger partial charge in [-0.05, 0) is 40.7 Å². The predicted octanol–water partition coefficient (Wildman–Crippen LogP) is 2.21. The summed E-state index contributed by atoms with van der Waals surface area (Å²) in [5.41, 5.74) is -0.341. The van der Waals surface area contributed by atoms with Crippen LogP contribution in [-0.2, 0) is 14.0 Å². The third kappa shape index (κ3) is 3.07. The Hall–Kier alpha value is -1.11. The molecule has 114 valence electrons. The number of esters is 1. The van der Waals surface area contributed by atoms with E-state index in [1.165, 1.54) is 0 Å². The fraction of sp³-hybridized carbons (Fsp3) is 0.571. The van der Waals surface area contributed by atoms with E-state index in [2.05, 4.69) is 4.98 Å². The maximum absolute atomic E-state index is 12.0. The maximum atomic E-state index is 12.0. The van der Waals surface area contributed by atoms with Gasteiger partial charge in [0.15, 0.2) is 0 Å². The molecule has 7 heteroatoms. The summed E-state index contributed by atoms with van der Waals surface area (Å²) in [6, 6.07) is 3.29. The first-order valence-electron chi connectivity index (χ1n) is 6.87. The molecule has 0 aliphatic carbocycles. The van der Waals surface area contributed by atoms with Crippen LogP contribution in [0, 0.1) is 0 Å². The van der Waals surface area contributed by atoms with E-state index in [-0.39, 0.29) is 17.5 Å². The maximum Gasteiger partial charge on any atom is 0.497 e. The molecule has 0 atom stereocenters. The van der Waals surface area contributed by atoms with Gasteiger partial charge in [0.25, 0.3) is 0 Å². The van der Waals surface area contributed by atoms with Crippen molar-refractivity contribution >= 4 is 30.2 Å². The van der Waals surface area contributed by atoms with Gasteiger partial charge in [-0.25, -0.2) is 9.78 Å². The fourth-order valence-electron chi connectivity index (χ4n) is 1.97. The van der Waals surface area contributed by atoms with E-state index in [4.69, 9.17) is 25.6 Å². The molecule has 0 aromatic carbocycles. The summed E-state index contributed by atoms with van der Waals surface area (Å²) in [6.07, 6.45) is 0. The molecule has 2 rings (SSSR count). The third-order valence-electron chi connectivity index (χ3n) is 3.87. The van der Waals surface area contributed by atoms with E-state index in [9.17, 15) is 4.79 Å². The molecule has 0 bridgehead atoms. The minimum atomic E-state index is -0.681. The number of rotatable bonds is 3. The summed E-state index contributed by atoms with van der Waals surface area (Å²) in [5, 5.41) is 0.221. The molecule has 0 spiro atoms. The van der Waals surface area contributed by atoms with Crippen LogP contribution in [0.4, 0.5) is 0 Å². The molecule has 1 aromatic rings. The van der Waals surface area contributed by atoms with E-state index < -0.39 is 24.3 Å². The van der Waals surface area contributed by atoms with Crippen LogP contribution >= 0.6 is 11.6 Å². The number of hydrogen-bond donors (Lipinski definition) is 0. The minimum absolute atomic E-state index is 0.128. The molecule has 5 nitrogen and oxygen atoms in total. The van der Waals surface area contributed by atoms with Gasteiger partial charge in [0, 0.05) is 5.46 Å². The first-order chi connectivity index (χ1) is 9.68. The summed E-state index contributed by atoms with van der Waals surface area (Å²) < 4.78 is 16.9. The van der Waals surface area contributed by atoms with Crippen molar-refractivity contribution in [2.75, 3.05) is 6.61 Å². The number of carbonyl (C=O) groups is 1. The molecule has 1 fully saturated rings. The van der Waals surface area contributed by atoms with Gasteiger partial charge < -0.3 is 14.0 Å². The molecular formula is C14H19BClNO4. The van der Waals surface area contributed by atoms with Gasteiger partial charge in [0.1, 0.15) is 10.8 Å². The van der Waals surface area contributed by atoms with Gasteiger partial charge in [0.2, 0.25) is 0 Å². The lowest BCUT2D eigenvalue weighted by Gasteiger charge is -2.32. The zero-order valence-electron chi connectivity index (χ0n) is 12.9. The first-order valence-corrected chi connectivity index (χ1v) is 7.25. The molecule has 1 aliphatic heterocycles. The Morgan fingerprint density at radius 2 is 1.86 bits per heavy atom. The van der Waals surface area contributed by atoms with Gasteiger partial charge in [-0.15, -0.1) is 0 Å². The molecule has 1 aliphatic rings. The molecule has 0 N–H and O–H groups in total. The second kappa shape index (κ2) is 5.59. The molecule has 0 unspecified atom stereocenters. The van der Waals surface area contributed by atoms with E-state index in [0.717, 1.165) is 0 Å².